The van der Waals surface area contributed by atoms with Crippen LogP contribution in [0, 0.1) is 5.92 Å². The standard InChI is InChI=1S/C8H16O2.C2H6/c1-4-5-6-7(2)8(9)10-3;1-2/h7H,4-6H2,1-3H3;1-2H3. The predicted octanol–water partition coefficient (Wildman–Crippen LogP) is 3.01. The first-order valence-electron chi connectivity index (χ1n) is 4.80. The summed E-state index contributed by atoms with van der Waals surface area (Å²) in [5.41, 5.74) is 0. The van der Waals surface area contributed by atoms with E-state index in [0.717, 1.165) is 19.3 Å². The number of carbonyl (C=O) groups excluding carboxylic acids is 1. The monoisotopic (exact) mass is 174 g/mol. The van der Waals surface area contributed by atoms with Crippen molar-refractivity contribution in [2.24, 2.45) is 5.92 Å². The van der Waals surface area contributed by atoms with Crippen LogP contribution < -0.4 is 0 Å². The highest BCUT2D eigenvalue weighted by molar-refractivity contribution is 5.71. The highest BCUT2D eigenvalue weighted by atomic mass is 16.5. The number of hydrogen-bond acceptors (Lipinski definition) is 2. The zero-order chi connectivity index (χ0) is 9.98. The zero-order valence-corrected chi connectivity index (χ0v) is 9.02. The molecule has 0 saturated carbocycles. The molecule has 0 aliphatic carbocycles. The average molecular weight is 174 g/mol. The summed E-state index contributed by atoms with van der Waals surface area (Å²) >= 11 is 0. The molecule has 12 heavy (non-hydrogen) atoms. The van der Waals surface area contributed by atoms with Gasteiger partial charge in [-0.25, -0.2) is 0 Å². The van der Waals surface area contributed by atoms with E-state index in [2.05, 4.69) is 11.7 Å². The van der Waals surface area contributed by atoms with Crippen LogP contribution in [0.1, 0.15) is 47.0 Å². The van der Waals surface area contributed by atoms with Crippen LogP contribution in [0.25, 0.3) is 0 Å². The number of hydrogen-bond donors (Lipinski definition) is 0. The van der Waals surface area contributed by atoms with Crippen LogP contribution in [0.5, 0.6) is 0 Å². The van der Waals surface area contributed by atoms with Crippen molar-refractivity contribution in [3.8, 4) is 0 Å². The Morgan fingerprint density at radius 2 is 1.92 bits per heavy atom. The Hall–Kier alpha value is -0.530. The lowest BCUT2D eigenvalue weighted by molar-refractivity contribution is -0.145. The van der Waals surface area contributed by atoms with Crippen molar-refractivity contribution in [1.82, 2.24) is 0 Å². The number of esters is 1. The van der Waals surface area contributed by atoms with E-state index in [0.29, 0.717) is 0 Å². The highest BCUT2D eigenvalue weighted by Crippen LogP contribution is 2.08. The molecule has 0 aromatic carbocycles. The molecular weight excluding hydrogens is 152 g/mol. The van der Waals surface area contributed by atoms with Crippen molar-refractivity contribution in [1.29, 1.82) is 0 Å². The van der Waals surface area contributed by atoms with E-state index in [1.54, 1.807) is 0 Å². The average Bonchev–Trinajstić information content (AvgIpc) is 2.16. The van der Waals surface area contributed by atoms with E-state index < -0.39 is 0 Å². The Bertz CT molecular complexity index is 100. The maximum absolute atomic E-state index is 10.8. The second-order valence-electron chi connectivity index (χ2n) is 2.57. The molecular formula is C10H22O2. The fourth-order valence-corrected chi connectivity index (χ4v) is 0.829. The minimum absolute atomic E-state index is 0.0740. The zero-order valence-electron chi connectivity index (χ0n) is 9.02. The molecule has 0 fully saturated rings. The molecule has 0 spiro atoms. The van der Waals surface area contributed by atoms with Crippen LogP contribution >= 0.6 is 0 Å². The van der Waals surface area contributed by atoms with Gasteiger partial charge < -0.3 is 4.74 Å². The van der Waals surface area contributed by atoms with Gasteiger partial charge in [-0.2, -0.15) is 0 Å². The van der Waals surface area contributed by atoms with Gasteiger partial charge >= 0.3 is 5.97 Å². The molecule has 0 rings (SSSR count). The lowest BCUT2D eigenvalue weighted by Crippen LogP contribution is -2.12. The smallest absolute Gasteiger partial charge is 0.308 e. The molecule has 0 bridgehead atoms. The first-order valence-corrected chi connectivity index (χ1v) is 4.80. The molecule has 0 aromatic rings. The Kier molecular flexibility index (Phi) is 12.2. The van der Waals surface area contributed by atoms with Gasteiger partial charge in [0.25, 0.3) is 0 Å². The predicted molar refractivity (Wildman–Crippen MR) is 52.1 cm³/mol. The molecule has 0 aliphatic rings. The highest BCUT2D eigenvalue weighted by Gasteiger charge is 2.10. The molecule has 2 nitrogen and oxygen atoms in total. The van der Waals surface area contributed by atoms with E-state index >= 15 is 0 Å². The fourth-order valence-electron chi connectivity index (χ4n) is 0.829. The SMILES string of the molecule is CC.CCCCC(C)C(=O)OC. The van der Waals surface area contributed by atoms with Crippen molar-refractivity contribution in [3.63, 3.8) is 0 Å². The third kappa shape index (κ3) is 7.58. The number of methoxy groups -OCH3 is 1. The number of ether oxygens (including phenoxy) is 1. The van der Waals surface area contributed by atoms with E-state index in [9.17, 15) is 4.79 Å². The largest absolute Gasteiger partial charge is 0.469 e. The van der Waals surface area contributed by atoms with Gasteiger partial charge in [0.15, 0.2) is 0 Å². The lowest BCUT2D eigenvalue weighted by atomic mass is 10.1. The molecule has 0 amide bonds. The van der Waals surface area contributed by atoms with Gasteiger partial charge in [-0.1, -0.05) is 40.5 Å². The molecule has 0 saturated heterocycles. The van der Waals surface area contributed by atoms with Crippen molar-refractivity contribution >= 4 is 5.97 Å². The van der Waals surface area contributed by atoms with Crippen LogP contribution in [0.2, 0.25) is 0 Å². The Labute approximate surface area is 76.3 Å². The fraction of sp³-hybridized carbons (Fsp3) is 0.900. The second-order valence-corrected chi connectivity index (χ2v) is 2.57. The summed E-state index contributed by atoms with van der Waals surface area (Å²) in [5, 5.41) is 0. The van der Waals surface area contributed by atoms with Gasteiger partial charge in [-0.3, -0.25) is 4.79 Å². The molecule has 0 aromatic heterocycles. The molecule has 0 N–H and O–H groups in total. The molecule has 0 heterocycles. The summed E-state index contributed by atoms with van der Waals surface area (Å²) < 4.78 is 4.57. The van der Waals surface area contributed by atoms with Gasteiger partial charge in [-0.05, 0) is 6.42 Å². The number of carbonyl (C=O) groups is 1. The van der Waals surface area contributed by atoms with Gasteiger partial charge in [0.2, 0.25) is 0 Å². The maximum Gasteiger partial charge on any atom is 0.308 e. The van der Waals surface area contributed by atoms with E-state index in [-0.39, 0.29) is 11.9 Å². The van der Waals surface area contributed by atoms with Crippen LogP contribution in [0.15, 0.2) is 0 Å². The number of rotatable bonds is 4. The lowest BCUT2D eigenvalue weighted by Gasteiger charge is -2.06. The molecule has 1 atom stereocenters. The quantitative estimate of drug-likeness (QED) is 0.612. The van der Waals surface area contributed by atoms with E-state index in [1.165, 1.54) is 7.11 Å². The van der Waals surface area contributed by atoms with E-state index in [4.69, 9.17) is 0 Å². The van der Waals surface area contributed by atoms with Crippen LogP contribution in [0.3, 0.4) is 0 Å². The summed E-state index contributed by atoms with van der Waals surface area (Å²) in [6.07, 6.45) is 3.20. The molecule has 74 valence electrons. The summed E-state index contributed by atoms with van der Waals surface area (Å²) in [6, 6.07) is 0. The molecule has 1 unspecified atom stereocenters. The van der Waals surface area contributed by atoms with Gasteiger partial charge in [-0.15, -0.1) is 0 Å². The van der Waals surface area contributed by atoms with Crippen molar-refractivity contribution in [3.05, 3.63) is 0 Å². The van der Waals surface area contributed by atoms with Crippen LogP contribution in [0.4, 0.5) is 0 Å². The minimum Gasteiger partial charge on any atom is -0.469 e. The van der Waals surface area contributed by atoms with Gasteiger partial charge in [0.1, 0.15) is 0 Å². The Morgan fingerprint density at radius 1 is 1.42 bits per heavy atom. The normalized spacial score (nSPS) is 11.1. The second kappa shape index (κ2) is 10.5. The third-order valence-electron chi connectivity index (χ3n) is 1.59. The van der Waals surface area contributed by atoms with Crippen LogP contribution in [-0.2, 0) is 9.53 Å². The first-order chi connectivity index (χ1) is 5.72. The van der Waals surface area contributed by atoms with Gasteiger partial charge in [0.05, 0.1) is 13.0 Å². The van der Waals surface area contributed by atoms with Crippen molar-refractivity contribution in [2.45, 2.75) is 47.0 Å². The van der Waals surface area contributed by atoms with E-state index in [1.807, 2.05) is 20.8 Å². The molecule has 0 radical (unpaired) electrons. The van der Waals surface area contributed by atoms with Crippen molar-refractivity contribution in [2.75, 3.05) is 7.11 Å². The first kappa shape index (κ1) is 14.0. The Balaban J connectivity index is 0. The summed E-state index contributed by atoms with van der Waals surface area (Å²) in [7, 11) is 1.44. The topological polar surface area (TPSA) is 26.3 Å². The van der Waals surface area contributed by atoms with Gasteiger partial charge in [0, 0.05) is 0 Å². The third-order valence-corrected chi connectivity index (χ3v) is 1.59. The molecule has 2 heteroatoms. The number of unbranched alkanes of at least 4 members (excludes halogenated alkanes) is 1. The maximum atomic E-state index is 10.8. The Morgan fingerprint density at radius 3 is 2.25 bits per heavy atom. The minimum atomic E-state index is -0.0894. The summed E-state index contributed by atoms with van der Waals surface area (Å²) in [4.78, 5) is 10.8. The van der Waals surface area contributed by atoms with Crippen molar-refractivity contribution < 1.29 is 9.53 Å². The van der Waals surface area contributed by atoms with Crippen LogP contribution in [-0.4, -0.2) is 13.1 Å². The summed E-state index contributed by atoms with van der Waals surface area (Å²) in [6.45, 7) is 8.02. The summed E-state index contributed by atoms with van der Waals surface area (Å²) in [5.74, 6) is -0.0154. The molecule has 0 aliphatic heterocycles.